The molecule has 1 saturated heterocycles. The van der Waals surface area contributed by atoms with E-state index in [1.54, 1.807) is 24.9 Å². The molecule has 0 saturated carbocycles. The second-order valence-corrected chi connectivity index (χ2v) is 7.12. The largest absolute Gasteiger partial charge is 0.451 e. The molecule has 2 aromatic carbocycles. The third-order valence-corrected chi connectivity index (χ3v) is 5.17. The van der Waals surface area contributed by atoms with Gasteiger partial charge in [-0.1, -0.05) is 12.1 Å². The van der Waals surface area contributed by atoms with Gasteiger partial charge in [-0.3, -0.25) is 4.79 Å². The lowest BCUT2D eigenvalue weighted by molar-refractivity contribution is 0.0755. The number of hydrogen-bond acceptors (Lipinski definition) is 4. The van der Waals surface area contributed by atoms with E-state index < -0.39 is 0 Å². The normalized spacial score (nSPS) is 14.5. The van der Waals surface area contributed by atoms with E-state index in [1.165, 1.54) is 12.1 Å². The van der Waals surface area contributed by atoms with E-state index in [-0.39, 0.29) is 17.5 Å². The Kier molecular flexibility index (Phi) is 5.05. The second-order valence-electron chi connectivity index (χ2n) is 7.12. The van der Waals surface area contributed by atoms with E-state index in [4.69, 9.17) is 9.15 Å². The lowest BCUT2D eigenvalue weighted by Gasteiger charge is -2.29. The quantitative estimate of drug-likeness (QED) is 0.685. The molecule has 1 fully saturated rings. The number of carbonyl (C=O) groups excluding carboxylic acids is 1. The fourth-order valence-corrected chi connectivity index (χ4v) is 3.55. The molecule has 0 aliphatic carbocycles. The maximum Gasteiger partial charge on any atom is 0.289 e. The minimum Gasteiger partial charge on any atom is -0.451 e. The number of amides is 1. The lowest BCUT2D eigenvalue weighted by atomic mass is 10.1. The van der Waals surface area contributed by atoms with Crippen molar-refractivity contribution >= 4 is 22.6 Å². The van der Waals surface area contributed by atoms with Crippen LogP contribution in [0, 0.1) is 12.7 Å². The molecule has 2 heterocycles. The fraction of sp³-hybridized carbons (Fsp3) is 0.318. The molecule has 0 N–H and O–H groups in total. The van der Waals surface area contributed by atoms with Gasteiger partial charge in [0.2, 0.25) is 0 Å². The molecule has 1 aliphatic rings. The number of morpholine rings is 1. The third kappa shape index (κ3) is 3.60. The average molecular weight is 382 g/mol. The van der Waals surface area contributed by atoms with Gasteiger partial charge in [-0.05, 0) is 42.8 Å². The van der Waals surface area contributed by atoms with Crippen LogP contribution in [0.25, 0.3) is 11.0 Å². The van der Waals surface area contributed by atoms with Gasteiger partial charge in [0.1, 0.15) is 11.4 Å². The molecular weight excluding hydrogens is 359 g/mol. The molecule has 0 atom stereocenters. The standard InChI is InChI=1S/C22H23FN2O3/c1-15-19-13-17(23)5-8-20(19)28-21(15)22(26)24(2)14-16-3-6-18(7-4-16)25-9-11-27-12-10-25/h3-8,13H,9-12,14H2,1-2H3. The van der Waals surface area contributed by atoms with Crippen molar-refractivity contribution in [3.05, 3.63) is 65.2 Å². The number of ether oxygens (including phenoxy) is 1. The Bertz CT molecular complexity index is 991. The van der Waals surface area contributed by atoms with Gasteiger partial charge in [0.15, 0.2) is 5.76 Å². The Morgan fingerprint density at radius 3 is 2.57 bits per heavy atom. The van der Waals surface area contributed by atoms with Gasteiger partial charge >= 0.3 is 0 Å². The number of rotatable bonds is 4. The molecule has 0 spiro atoms. The minimum atomic E-state index is -0.343. The predicted molar refractivity (Wildman–Crippen MR) is 106 cm³/mol. The average Bonchev–Trinajstić information content (AvgIpc) is 3.04. The number of anilines is 1. The molecule has 1 amide bonds. The summed E-state index contributed by atoms with van der Waals surface area (Å²) in [6.45, 7) is 5.53. The van der Waals surface area contributed by atoms with Crippen LogP contribution in [0.4, 0.5) is 10.1 Å². The number of halogens is 1. The number of fused-ring (bicyclic) bond motifs is 1. The summed E-state index contributed by atoms with van der Waals surface area (Å²) in [5, 5.41) is 0.631. The number of carbonyl (C=O) groups is 1. The minimum absolute atomic E-state index is 0.216. The number of benzene rings is 2. The molecule has 0 radical (unpaired) electrons. The first-order chi connectivity index (χ1) is 13.5. The molecule has 3 aromatic rings. The summed E-state index contributed by atoms with van der Waals surface area (Å²) in [6.07, 6.45) is 0. The van der Waals surface area contributed by atoms with E-state index in [9.17, 15) is 9.18 Å². The van der Waals surface area contributed by atoms with Gasteiger partial charge in [-0.15, -0.1) is 0 Å². The number of nitrogens with zero attached hydrogens (tertiary/aromatic N) is 2. The summed E-state index contributed by atoms with van der Waals surface area (Å²) < 4.78 is 24.6. The van der Waals surface area contributed by atoms with Crippen molar-refractivity contribution in [3.8, 4) is 0 Å². The van der Waals surface area contributed by atoms with Crippen molar-refractivity contribution in [1.82, 2.24) is 4.90 Å². The molecule has 1 aliphatic heterocycles. The van der Waals surface area contributed by atoms with Crippen LogP contribution >= 0.6 is 0 Å². The number of furan rings is 1. The first kappa shape index (κ1) is 18.5. The smallest absolute Gasteiger partial charge is 0.289 e. The van der Waals surface area contributed by atoms with Gasteiger partial charge in [0, 0.05) is 43.3 Å². The Balaban J connectivity index is 1.48. The number of aryl methyl sites for hydroxylation is 1. The lowest BCUT2D eigenvalue weighted by Crippen LogP contribution is -2.36. The van der Waals surface area contributed by atoms with E-state index >= 15 is 0 Å². The highest BCUT2D eigenvalue weighted by atomic mass is 19.1. The van der Waals surface area contributed by atoms with Crippen molar-refractivity contribution in [1.29, 1.82) is 0 Å². The molecule has 146 valence electrons. The first-order valence-corrected chi connectivity index (χ1v) is 9.38. The summed E-state index contributed by atoms with van der Waals surface area (Å²) in [5.74, 6) is -0.302. The van der Waals surface area contributed by atoms with Gasteiger partial charge in [-0.2, -0.15) is 0 Å². The van der Waals surface area contributed by atoms with Crippen LogP contribution in [0.2, 0.25) is 0 Å². The Morgan fingerprint density at radius 1 is 1.14 bits per heavy atom. The van der Waals surface area contributed by atoms with Crippen LogP contribution in [0.1, 0.15) is 21.7 Å². The molecular formula is C22H23FN2O3. The molecule has 0 unspecified atom stereocenters. The molecule has 6 heteroatoms. The molecule has 5 nitrogen and oxygen atoms in total. The Labute approximate surface area is 163 Å². The topological polar surface area (TPSA) is 45.9 Å². The molecule has 4 rings (SSSR count). The third-order valence-electron chi connectivity index (χ3n) is 5.17. The summed E-state index contributed by atoms with van der Waals surface area (Å²) in [4.78, 5) is 16.8. The zero-order valence-electron chi connectivity index (χ0n) is 16.1. The summed E-state index contributed by atoms with van der Waals surface area (Å²) in [5.41, 5.74) is 3.38. The van der Waals surface area contributed by atoms with Gasteiger partial charge in [-0.25, -0.2) is 4.39 Å². The fourth-order valence-electron chi connectivity index (χ4n) is 3.55. The van der Waals surface area contributed by atoms with Crippen molar-refractivity contribution in [3.63, 3.8) is 0 Å². The Hall–Kier alpha value is -2.86. The van der Waals surface area contributed by atoms with Crippen LogP contribution in [-0.2, 0) is 11.3 Å². The predicted octanol–water partition coefficient (Wildman–Crippen LogP) is 3.99. The summed E-state index contributed by atoms with van der Waals surface area (Å²) in [6, 6.07) is 12.5. The zero-order chi connectivity index (χ0) is 19.7. The van der Waals surface area contributed by atoms with Crippen molar-refractivity contribution in [2.24, 2.45) is 0 Å². The number of hydrogen-bond donors (Lipinski definition) is 0. The van der Waals surface area contributed by atoms with Gasteiger partial charge < -0.3 is 19.0 Å². The zero-order valence-corrected chi connectivity index (χ0v) is 16.1. The second kappa shape index (κ2) is 7.64. The van der Waals surface area contributed by atoms with Crippen LogP contribution in [0.3, 0.4) is 0 Å². The monoisotopic (exact) mass is 382 g/mol. The van der Waals surface area contributed by atoms with Crippen LogP contribution < -0.4 is 4.90 Å². The van der Waals surface area contributed by atoms with Crippen LogP contribution in [-0.4, -0.2) is 44.2 Å². The van der Waals surface area contributed by atoms with E-state index in [2.05, 4.69) is 17.0 Å². The van der Waals surface area contributed by atoms with Crippen LogP contribution in [0.5, 0.6) is 0 Å². The maximum absolute atomic E-state index is 13.5. The van der Waals surface area contributed by atoms with E-state index in [0.29, 0.717) is 23.1 Å². The molecule has 1 aromatic heterocycles. The maximum atomic E-state index is 13.5. The Morgan fingerprint density at radius 2 is 1.86 bits per heavy atom. The van der Waals surface area contributed by atoms with Crippen molar-refractivity contribution in [2.45, 2.75) is 13.5 Å². The summed E-state index contributed by atoms with van der Waals surface area (Å²) in [7, 11) is 1.74. The SMILES string of the molecule is Cc1c(C(=O)N(C)Cc2ccc(N3CCOCC3)cc2)oc2ccc(F)cc12. The van der Waals surface area contributed by atoms with Crippen molar-refractivity contribution in [2.75, 3.05) is 38.3 Å². The highest BCUT2D eigenvalue weighted by Crippen LogP contribution is 2.27. The highest BCUT2D eigenvalue weighted by Gasteiger charge is 2.21. The highest BCUT2D eigenvalue weighted by molar-refractivity contribution is 5.98. The molecule has 0 bridgehead atoms. The van der Waals surface area contributed by atoms with Gasteiger partial charge in [0.05, 0.1) is 13.2 Å². The van der Waals surface area contributed by atoms with Crippen molar-refractivity contribution < 1.29 is 18.3 Å². The van der Waals surface area contributed by atoms with E-state index in [0.717, 1.165) is 37.6 Å². The first-order valence-electron chi connectivity index (χ1n) is 9.38. The van der Waals surface area contributed by atoms with Crippen LogP contribution in [0.15, 0.2) is 46.9 Å². The molecule has 28 heavy (non-hydrogen) atoms. The van der Waals surface area contributed by atoms with E-state index in [1.807, 2.05) is 12.1 Å². The summed E-state index contributed by atoms with van der Waals surface area (Å²) >= 11 is 0. The van der Waals surface area contributed by atoms with Gasteiger partial charge in [0.25, 0.3) is 5.91 Å².